The van der Waals surface area contributed by atoms with Gasteiger partial charge in [0, 0.05) is 12.6 Å². The van der Waals surface area contributed by atoms with Crippen molar-refractivity contribution >= 4 is 17.1 Å². The number of hydrogen-bond acceptors (Lipinski definition) is 4. The van der Waals surface area contributed by atoms with E-state index in [2.05, 4.69) is 47.4 Å². The number of nitrogens with zero attached hydrogens (tertiary/aromatic N) is 1. The fraction of sp³-hybridized carbons (Fsp3) is 0.320. The largest absolute Gasteiger partial charge is 0.496 e. The number of fused-ring (bicyclic) bond motifs is 1. The molecule has 1 fully saturated rings. The molecule has 3 aromatic rings. The van der Waals surface area contributed by atoms with Gasteiger partial charge in [-0.05, 0) is 47.7 Å². The molecule has 0 aromatic heterocycles. The number of benzene rings is 3. The average molecular weight is 389 g/mol. The summed E-state index contributed by atoms with van der Waals surface area (Å²) in [6.45, 7) is 0.705. The second-order valence-electron chi connectivity index (χ2n) is 7.54. The van der Waals surface area contributed by atoms with Crippen LogP contribution in [0.2, 0.25) is 0 Å². The van der Waals surface area contributed by atoms with E-state index in [1.54, 1.807) is 14.2 Å². The van der Waals surface area contributed by atoms with Crippen LogP contribution in [-0.4, -0.2) is 31.4 Å². The van der Waals surface area contributed by atoms with E-state index in [1.165, 1.54) is 16.3 Å². The predicted octanol–water partition coefficient (Wildman–Crippen LogP) is 5.15. The number of hydrogen-bond donors (Lipinski definition) is 0. The minimum Gasteiger partial charge on any atom is -0.496 e. The number of carbonyl (C=O) groups excluding carboxylic acids is 1. The zero-order chi connectivity index (χ0) is 20.2. The van der Waals surface area contributed by atoms with Crippen LogP contribution in [0.5, 0.6) is 11.5 Å². The van der Waals surface area contributed by atoms with E-state index in [4.69, 9.17) is 9.47 Å². The highest BCUT2D eigenvalue weighted by molar-refractivity contribution is 5.85. The number of carbonyl (C=O) groups is 1. The highest BCUT2D eigenvalue weighted by Gasteiger charge is 2.35. The number of likely N-dealkylation sites (tertiary alicyclic amines) is 1. The maximum atomic E-state index is 12.0. The van der Waals surface area contributed by atoms with E-state index in [1.807, 2.05) is 18.2 Å². The quantitative estimate of drug-likeness (QED) is 0.547. The molecule has 0 aliphatic carbocycles. The van der Waals surface area contributed by atoms with Crippen molar-refractivity contribution in [2.75, 3.05) is 14.2 Å². The number of rotatable bonds is 6. The van der Waals surface area contributed by atoms with Gasteiger partial charge in [0.05, 0.1) is 25.8 Å². The standard InChI is InChI=1S/C25H27NO3/c1-28-23-14-7-15-24(29-2)25(23)22-13-6-11-20(17-27)26(22)16-19-10-5-9-18-8-3-4-12-21(18)19/h3-5,7-10,12,14-15,17,20,22H,6,11,13,16H2,1-2H3. The van der Waals surface area contributed by atoms with E-state index in [9.17, 15) is 4.79 Å². The van der Waals surface area contributed by atoms with Gasteiger partial charge in [-0.1, -0.05) is 48.5 Å². The second-order valence-corrected chi connectivity index (χ2v) is 7.54. The van der Waals surface area contributed by atoms with Gasteiger partial charge in [-0.2, -0.15) is 0 Å². The molecule has 1 saturated heterocycles. The van der Waals surface area contributed by atoms with Crippen molar-refractivity contribution in [2.45, 2.75) is 37.9 Å². The molecule has 0 N–H and O–H groups in total. The zero-order valence-electron chi connectivity index (χ0n) is 17.0. The summed E-state index contributed by atoms with van der Waals surface area (Å²) < 4.78 is 11.4. The lowest BCUT2D eigenvalue weighted by molar-refractivity contribution is -0.115. The Morgan fingerprint density at radius 3 is 2.34 bits per heavy atom. The van der Waals surface area contributed by atoms with Gasteiger partial charge in [0.25, 0.3) is 0 Å². The molecular formula is C25H27NO3. The number of methoxy groups -OCH3 is 2. The van der Waals surface area contributed by atoms with Crippen LogP contribution in [0.4, 0.5) is 0 Å². The molecule has 0 saturated carbocycles. The van der Waals surface area contributed by atoms with E-state index in [0.717, 1.165) is 42.6 Å². The normalized spacial score (nSPS) is 19.8. The van der Waals surface area contributed by atoms with E-state index in [0.29, 0.717) is 6.54 Å². The minimum absolute atomic E-state index is 0.0593. The van der Waals surface area contributed by atoms with Crippen LogP contribution in [0.3, 0.4) is 0 Å². The fourth-order valence-electron chi connectivity index (χ4n) is 4.60. The lowest BCUT2D eigenvalue weighted by atomic mass is 9.89. The third-order valence-corrected chi connectivity index (χ3v) is 5.99. The highest BCUT2D eigenvalue weighted by atomic mass is 16.5. The third-order valence-electron chi connectivity index (χ3n) is 5.99. The summed E-state index contributed by atoms with van der Waals surface area (Å²) in [7, 11) is 3.38. The third kappa shape index (κ3) is 3.73. The Morgan fingerprint density at radius 2 is 1.62 bits per heavy atom. The van der Waals surface area contributed by atoms with Gasteiger partial charge in [-0.15, -0.1) is 0 Å². The van der Waals surface area contributed by atoms with Crippen molar-refractivity contribution < 1.29 is 14.3 Å². The smallest absolute Gasteiger partial charge is 0.137 e. The van der Waals surface area contributed by atoms with Gasteiger partial charge in [-0.25, -0.2) is 0 Å². The number of ether oxygens (including phenoxy) is 2. The summed E-state index contributed by atoms with van der Waals surface area (Å²) in [4.78, 5) is 14.3. The molecule has 0 amide bonds. The number of piperidine rings is 1. The predicted molar refractivity (Wildman–Crippen MR) is 115 cm³/mol. The van der Waals surface area contributed by atoms with Gasteiger partial charge in [0.2, 0.25) is 0 Å². The lowest BCUT2D eigenvalue weighted by Crippen LogP contribution is -2.42. The first kappa shape index (κ1) is 19.5. The Morgan fingerprint density at radius 1 is 0.931 bits per heavy atom. The molecule has 0 bridgehead atoms. The van der Waals surface area contributed by atoms with Gasteiger partial charge < -0.3 is 14.3 Å². The minimum atomic E-state index is -0.123. The molecule has 1 heterocycles. The molecule has 4 rings (SSSR count). The molecule has 150 valence electrons. The molecule has 4 heteroatoms. The van der Waals surface area contributed by atoms with Gasteiger partial charge >= 0.3 is 0 Å². The van der Waals surface area contributed by atoms with Crippen molar-refractivity contribution in [3.05, 3.63) is 71.8 Å². The van der Waals surface area contributed by atoms with Crippen molar-refractivity contribution in [3.63, 3.8) is 0 Å². The maximum Gasteiger partial charge on any atom is 0.137 e. The summed E-state index contributed by atoms with van der Waals surface area (Å²) in [5.74, 6) is 1.62. The van der Waals surface area contributed by atoms with E-state index in [-0.39, 0.29) is 12.1 Å². The van der Waals surface area contributed by atoms with E-state index >= 15 is 0 Å². The van der Waals surface area contributed by atoms with Crippen LogP contribution in [0.1, 0.15) is 36.4 Å². The molecule has 2 atom stereocenters. The highest BCUT2D eigenvalue weighted by Crippen LogP contribution is 2.44. The van der Waals surface area contributed by atoms with Crippen LogP contribution < -0.4 is 9.47 Å². The lowest BCUT2D eigenvalue weighted by Gasteiger charge is -2.41. The Balaban J connectivity index is 1.79. The fourth-order valence-corrected chi connectivity index (χ4v) is 4.60. The molecule has 29 heavy (non-hydrogen) atoms. The first-order valence-electron chi connectivity index (χ1n) is 10.2. The van der Waals surface area contributed by atoms with E-state index < -0.39 is 0 Å². The first-order valence-corrected chi connectivity index (χ1v) is 10.2. The van der Waals surface area contributed by atoms with Crippen molar-refractivity contribution in [1.29, 1.82) is 0 Å². The van der Waals surface area contributed by atoms with Crippen molar-refractivity contribution in [1.82, 2.24) is 4.90 Å². The molecule has 2 unspecified atom stereocenters. The molecule has 0 spiro atoms. The second kappa shape index (κ2) is 8.66. The van der Waals surface area contributed by atoms with Crippen molar-refractivity contribution in [3.8, 4) is 11.5 Å². The summed E-state index contributed by atoms with van der Waals surface area (Å²) in [5.41, 5.74) is 2.26. The SMILES string of the molecule is COc1cccc(OC)c1C1CCCC(C=O)N1Cc1cccc2ccccc12. The van der Waals surface area contributed by atoms with Crippen LogP contribution in [-0.2, 0) is 11.3 Å². The molecule has 0 radical (unpaired) electrons. The molecule has 4 nitrogen and oxygen atoms in total. The van der Waals surface area contributed by atoms with Crippen LogP contribution in [0.25, 0.3) is 10.8 Å². The number of aldehydes is 1. The summed E-state index contributed by atoms with van der Waals surface area (Å²) >= 11 is 0. The molecule has 1 aliphatic heterocycles. The Labute approximate surface area is 172 Å². The van der Waals surface area contributed by atoms with Gasteiger partial charge in [0.15, 0.2) is 0 Å². The van der Waals surface area contributed by atoms with Crippen LogP contribution >= 0.6 is 0 Å². The molecule has 1 aliphatic rings. The topological polar surface area (TPSA) is 38.8 Å². The average Bonchev–Trinajstić information content (AvgIpc) is 2.79. The van der Waals surface area contributed by atoms with Crippen LogP contribution in [0, 0.1) is 0 Å². The van der Waals surface area contributed by atoms with Gasteiger partial charge in [0.1, 0.15) is 17.8 Å². The summed E-state index contributed by atoms with van der Waals surface area (Å²) in [6, 6.07) is 20.6. The monoisotopic (exact) mass is 389 g/mol. The summed E-state index contributed by atoms with van der Waals surface area (Å²) in [6.07, 6.45) is 3.94. The Bertz CT molecular complexity index is 973. The molecular weight excluding hydrogens is 362 g/mol. The first-order chi connectivity index (χ1) is 14.3. The van der Waals surface area contributed by atoms with Crippen LogP contribution in [0.15, 0.2) is 60.7 Å². The Kier molecular flexibility index (Phi) is 5.81. The maximum absolute atomic E-state index is 12.0. The summed E-state index contributed by atoms with van der Waals surface area (Å²) in [5, 5.41) is 2.45. The zero-order valence-corrected chi connectivity index (χ0v) is 17.0. The molecule has 3 aromatic carbocycles. The van der Waals surface area contributed by atoms with Gasteiger partial charge in [-0.3, -0.25) is 4.90 Å². The van der Waals surface area contributed by atoms with Crippen molar-refractivity contribution in [2.24, 2.45) is 0 Å². The Hall–Kier alpha value is -2.85.